The van der Waals surface area contributed by atoms with E-state index >= 15 is 0 Å². The summed E-state index contributed by atoms with van der Waals surface area (Å²) in [6.07, 6.45) is 7.75. The Morgan fingerprint density at radius 2 is 1.68 bits per heavy atom. The van der Waals surface area contributed by atoms with Crippen molar-refractivity contribution in [1.29, 1.82) is 0 Å². The van der Waals surface area contributed by atoms with Crippen LogP contribution in [0.5, 0.6) is 0 Å². The quantitative estimate of drug-likeness (QED) is 0.880. The smallest absolute Gasteiger partial charge is 0.139 e. The first-order valence-electron chi connectivity index (χ1n) is 7.50. The molecule has 1 aliphatic rings. The maximum atomic E-state index is 12.2. The number of carbonyl (C=O) groups is 1. The highest BCUT2D eigenvalue weighted by Gasteiger charge is 2.29. The number of rotatable bonds is 5. The lowest BCUT2D eigenvalue weighted by Gasteiger charge is -2.32. The van der Waals surface area contributed by atoms with Gasteiger partial charge in [0.25, 0.3) is 0 Å². The molecule has 0 atom stereocenters. The summed E-state index contributed by atoms with van der Waals surface area (Å²) < 4.78 is 0. The molecule has 1 aliphatic carbocycles. The molecule has 0 amide bonds. The highest BCUT2D eigenvalue weighted by molar-refractivity contribution is 5.82. The maximum Gasteiger partial charge on any atom is 0.139 e. The zero-order valence-electron chi connectivity index (χ0n) is 12.0. The number of hydrogen-bond acceptors (Lipinski definition) is 2. The lowest BCUT2D eigenvalue weighted by molar-refractivity contribution is -0.119. The van der Waals surface area contributed by atoms with Gasteiger partial charge in [0.2, 0.25) is 0 Å². The summed E-state index contributed by atoms with van der Waals surface area (Å²) in [6, 6.07) is 8.37. The highest BCUT2D eigenvalue weighted by Crippen LogP contribution is 2.29. The fourth-order valence-electron chi connectivity index (χ4n) is 3.01. The molecular weight excluding hydrogens is 234 g/mol. The molecule has 0 heterocycles. The molecule has 0 unspecified atom stereocenters. The number of benzene rings is 1. The second kappa shape index (κ2) is 6.33. The highest BCUT2D eigenvalue weighted by atomic mass is 16.1. The first kappa shape index (κ1) is 14.3. The van der Waals surface area contributed by atoms with Crippen molar-refractivity contribution in [2.45, 2.75) is 63.8 Å². The molecule has 2 nitrogen and oxygen atoms in total. The van der Waals surface area contributed by atoms with Gasteiger partial charge in [0.1, 0.15) is 5.78 Å². The van der Waals surface area contributed by atoms with Crippen LogP contribution in [0, 0.1) is 0 Å². The summed E-state index contributed by atoms with van der Waals surface area (Å²) in [4.78, 5) is 12.2. The van der Waals surface area contributed by atoms with Gasteiger partial charge in [-0.3, -0.25) is 4.79 Å². The minimum Gasteiger partial charge on any atom is -0.325 e. The standard InChI is InChI=1S/C17H25NO/c1-2-14-6-8-15(9-7-14)12-16(19)13-17(18)10-4-3-5-11-17/h6-9H,2-5,10-13,18H2,1H3. The third-order valence-corrected chi connectivity index (χ3v) is 4.23. The SMILES string of the molecule is CCc1ccc(CC(=O)CC2(N)CCCCC2)cc1. The van der Waals surface area contributed by atoms with Gasteiger partial charge in [-0.2, -0.15) is 0 Å². The van der Waals surface area contributed by atoms with Gasteiger partial charge in [-0.15, -0.1) is 0 Å². The van der Waals surface area contributed by atoms with Gasteiger partial charge in [-0.25, -0.2) is 0 Å². The Morgan fingerprint density at radius 3 is 2.26 bits per heavy atom. The number of Topliss-reactive ketones (excluding diaryl/α,β-unsaturated/α-hetero) is 1. The first-order valence-corrected chi connectivity index (χ1v) is 7.50. The number of carbonyl (C=O) groups excluding carboxylic acids is 1. The van der Waals surface area contributed by atoms with E-state index in [0.29, 0.717) is 12.8 Å². The van der Waals surface area contributed by atoms with Crippen molar-refractivity contribution < 1.29 is 4.79 Å². The summed E-state index contributed by atoms with van der Waals surface area (Å²) in [7, 11) is 0. The molecule has 2 heteroatoms. The molecule has 0 aliphatic heterocycles. The van der Waals surface area contributed by atoms with Crippen LogP contribution in [-0.4, -0.2) is 11.3 Å². The normalized spacial score (nSPS) is 18.2. The monoisotopic (exact) mass is 259 g/mol. The van der Waals surface area contributed by atoms with Crippen LogP contribution in [0.3, 0.4) is 0 Å². The molecule has 2 rings (SSSR count). The summed E-state index contributed by atoms with van der Waals surface area (Å²) >= 11 is 0. The van der Waals surface area contributed by atoms with E-state index in [9.17, 15) is 4.79 Å². The van der Waals surface area contributed by atoms with Gasteiger partial charge in [0, 0.05) is 18.4 Å². The van der Waals surface area contributed by atoms with E-state index in [-0.39, 0.29) is 11.3 Å². The molecule has 1 aromatic rings. The van der Waals surface area contributed by atoms with Crippen LogP contribution >= 0.6 is 0 Å². The van der Waals surface area contributed by atoms with Crippen LogP contribution in [0.4, 0.5) is 0 Å². The molecule has 1 saturated carbocycles. The third kappa shape index (κ3) is 4.17. The van der Waals surface area contributed by atoms with E-state index in [0.717, 1.165) is 24.8 Å². The third-order valence-electron chi connectivity index (χ3n) is 4.23. The van der Waals surface area contributed by atoms with E-state index in [4.69, 9.17) is 5.73 Å². The van der Waals surface area contributed by atoms with Gasteiger partial charge < -0.3 is 5.73 Å². The predicted octanol–water partition coefficient (Wildman–Crippen LogP) is 3.41. The summed E-state index contributed by atoms with van der Waals surface area (Å²) in [6.45, 7) is 2.14. The van der Waals surface area contributed by atoms with Crippen LogP contribution in [0.1, 0.15) is 56.6 Å². The van der Waals surface area contributed by atoms with Crippen molar-refractivity contribution in [1.82, 2.24) is 0 Å². The van der Waals surface area contributed by atoms with E-state index < -0.39 is 0 Å². The van der Waals surface area contributed by atoms with Gasteiger partial charge in [0.05, 0.1) is 0 Å². The Bertz CT molecular complexity index is 415. The molecule has 2 N–H and O–H groups in total. The minimum atomic E-state index is -0.224. The number of ketones is 1. The van der Waals surface area contributed by atoms with Crippen LogP contribution in [-0.2, 0) is 17.6 Å². The van der Waals surface area contributed by atoms with Crippen LogP contribution < -0.4 is 5.73 Å². The second-order valence-electron chi connectivity index (χ2n) is 5.99. The second-order valence-corrected chi connectivity index (χ2v) is 5.99. The van der Waals surface area contributed by atoms with Gasteiger partial charge in [-0.1, -0.05) is 50.5 Å². The van der Waals surface area contributed by atoms with Crippen molar-refractivity contribution in [3.05, 3.63) is 35.4 Å². The summed E-state index contributed by atoms with van der Waals surface area (Å²) in [5.41, 5.74) is 8.55. The van der Waals surface area contributed by atoms with E-state index in [2.05, 4.69) is 31.2 Å². The molecule has 0 bridgehead atoms. The van der Waals surface area contributed by atoms with Crippen molar-refractivity contribution in [3.63, 3.8) is 0 Å². The van der Waals surface area contributed by atoms with Crippen molar-refractivity contribution in [3.8, 4) is 0 Å². The molecule has 104 valence electrons. The maximum absolute atomic E-state index is 12.2. The minimum absolute atomic E-state index is 0.224. The number of aryl methyl sites for hydroxylation is 1. The largest absolute Gasteiger partial charge is 0.325 e. The zero-order valence-corrected chi connectivity index (χ0v) is 12.0. The summed E-state index contributed by atoms with van der Waals surface area (Å²) in [5.74, 6) is 0.286. The number of hydrogen-bond donors (Lipinski definition) is 1. The Labute approximate surface area is 116 Å². The van der Waals surface area contributed by atoms with E-state index in [1.807, 2.05) is 0 Å². The van der Waals surface area contributed by atoms with E-state index in [1.54, 1.807) is 0 Å². The molecule has 0 spiro atoms. The molecule has 1 fully saturated rings. The average Bonchev–Trinajstić information content (AvgIpc) is 2.39. The predicted molar refractivity (Wildman–Crippen MR) is 79.2 cm³/mol. The lowest BCUT2D eigenvalue weighted by Crippen LogP contribution is -2.43. The number of nitrogens with two attached hydrogens (primary N) is 1. The van der Waals surface area contributed by atoms with Gasteiger partial charge >= 0.3 is 0 Å². The molecule has 0 aromatic heterocycles. The van der Waals surface area contributed by atoms with Crippen LogP contribution in [0.25, 0.3) is 0 Å². The van der Waals surface area contributed by atoms with E-state index in [1.165, 1.54) is 24.8 Å². The Morgan fingerprint density at radius 1 is 1.11 bits per heavy atom. The topological polar surface area (TPSA) is 43.1 Å². The Hall–Kier alpha value is -1.15. The molecule has 0 saturated heterocycles. The zero-order chi connectivity index (χ0) is 13.7. The van der Waals surface area contributed by atoms with Crippen LogP contribution in [0.15, 0.2) is 24.3 Å². The Kier molecular flexibility index (Phi) is 4.76. The molecular formula is C17H25NO. The molecule has 0 radical (unpaired) electrons. The average molecular weight is 259 g/mol. The van der Waals surface area contributed by atoms with Gasteiger partial charge in [0.15, 0.2) is 0 Å². The van der Waals surface area contributed by atoms with Gasteiger partial charge in [-0.05, 0) is 30.4 Å². The fourth-order valence-corrected chi connectivity index (χ4v) is 3.01. The molecule has 1 aromatic carbocycles. The fraction of sp³-hybridized carbons (Fsp3) is 0.588. The van der Waals surface area contributed by atoms with Crippen LogP contribution in [0.2, 0.25) is 0 Å². The summed E-state index contributed by atoms with van der Waals surface area (Å²) in [5, 5.41) is 0. The van der Waals surface area contributed by atoms with Crippen molar-refractivity contribution in [2.75, 3.05) is 0 Å². The van der Waals surface area contributed by atoms with Crippen molar-refractivity contribution >= 4 is 5.78 Å². The van der Waals surface area contributed by atoms with Crippen molar-refractivity contribution in [2.24, 2.45) is 5.73 Å². The Balaban J connectivity index is 1.89. The lowest BCUT2D eigenvalue weighted by atomic mass is 9.78. The molecule has 19 heavy (non-hydrogen) atoms. The first-order chi connectivity index (χ1) is 9.11.